The predicted octanol–water partition coefficient (Wildman–Crippen LogP) is 4.44. The van der Waals surface area contributed by atoms with Crippen molar-refractivity contribution in [1.29, 1.82) is 0 Å². The summed E-state index contributed by atoms with van der Waals surface area (Å²) >= 11 is 0. The molecule has 0 radical (unpaired) electrons. The first-order valence-electron chi connectivity index (χ1n) is 13.6. The van der Waals surface area contributed by atoms with Gasteiger partial charge in [-0.2, -0.15) is 0 Å². The fourth-order valence-electron chi connectivity index (χ4n) is 5.29. The zero-order chi connectivity index (χ0) is 27.7. The molecule has 1 rings (SSSR count). The Hall–Kier alpha value is -0.570. The summed E-state index contributed by atoms with van der Waals surface area (Å²) in [6.07, 6.45) is 6.22. The van der Waals surface area contributed by atoms with E-state index in [1.807, 2.05) is 6.79 Å². The average Bonchev–Trinajstić information content (AvgIpc) is 3.24. The van der Waals surface area contributed by atoms with Crippen molar-refractivity contribution in [2.75, 3.05) is 34.9 Å². The van der Waals surface area contributed by atoms with Gasteiger partial charge in [0.05, 0.1) is 18.3 Å². The Balaban J connectivity index is 0. The minimum atomic E-state index is -0.413. The summed E-state index contributed by atoms with van der Waals surface area (Å²) in [5.74, 6) is 1.24. The third kappa shape index (κ3) is 12.5. The molecule has 7 heteroatoms. The molecule has 212 valence electrons. The zero-order valence-electron chi connectivity index (χ0n) is 24.9. The second-order valence-corrected chi connectivity index (χ2v) is 10.6. The number of ether oxygens (including phenoxy) is 2. The van der Waals surface area contributed by atoms with Gasteiger partial charge in [-0.25, -0.2) is 0 Å². The Morgan fingerprint density at radius 1 is 1.00 bits per heavy atom. The third-order valence-electron chi connectivity index (χ3n) is 7.70. The molecular formula is C28H60N2O5. The molecule has 1 aliphatic heterocycles. The molecule has 0 amide bonds. The van der Waals surface area contributed by atoms with Crippen LogP contribution in [-0.4, -0.2) is 98.3 Å². The fourth-order valence-corrected chi connectivity index (χ4v) is 5.29. The minimum absolute atomic E-state index is 0.0301. The van der Waals surface area contributed by atoms with Gasteiger partial charge in [-0.05, 0) is 71.0 Å². The van der Waals surface area contributed by atoms with Crippen LogP contribution in [0.15, 0.2) is 0 Å². The Morgan fingerprint density at radius 2 is 1.54 bits per heavy atom. The molecule has 6 unspecified atom stereocenters. The highest BCUT2D eigenvalue weighted by Crippen LogP contribution is 2.28. The van der Waals surface area contributed by atoms with Crippen LogP contribution in [0.5, 0.6) is 0 Å². The van der Waals surface area contributed by atoms with Gasteiger partial charge in [0.25, 0.3) is 0 Å². The number of nitrogens with zero attached hydrogens (tertiary/aromatic N) is 2. The van der Waals surface area contributed by atoms with Crippen molar-refractivity contribution in [3.63, 3.8) is 0 Å². The smallest absolute Gasteiger partial charge is 0.110 e. The Kier molecular flexibility index (Phi) is 21.4. The molecule has 0 saturated carbocycles. The van der Waals surface area contributed by atoms with Gasteiger partial charge in [-0.1, -0.05) is 54.4 Å². The first-order chi connectivity index (χ1) is 16.5. The first-order valence-corrected chi connectivity index (χ1v) is 13.6. The van der Waals surface area contributed by atoms with Crippen LogP contribution < -0.4 is 0 Å². The number of carbonyl (C=O) groups is 1. The number of carbonyl (C=O) groups excluding carboxylic acids is 1. The molecule has 1 saturated heterocycles. The molecule has 2 N–H and O–H groups in total. The Labute approximate surface area is 217 Å². The lowest BCUT2D eigenvalue weighted by atomic mass is 9.87. The summed E-state index contributed by atoms with van der Waals surface area (Å²) in [7, 11) is 7.62. The van der Waals surface area contributed by atoms with E-state index >= 15 is 0 Å². The van der Waals surface area contributed by atoms with Gasteiger partial charge >= 0.3 is 0 Å². The summed E-state index contributed by atoms with van der Waals surface area (Å²) in [5.41, 5.74) is 0. The van der Waals surface area contributed by atoms with E-state index in [1.165, 1.54) is 19.3 Å². The van der Waals surface area contributed by atoms with Gasteiger partial charge in [0.15, 0.2) is 0 Å². The van der Waals surface area contributed by atoms with Crippen molar-refractivity contribution in [3.05, 3.63) is 0 Å². The molecule has 0 aromatic rings. The summed E-state index contributed by atoms with van der Waals surface area (Å²) < 4.78 is 11.1. The van der Waals surface area contributed by atoms with Crippen molar-refractivity contribution < 1.29 is 24.5 Å². The van der Waals surface area contributed by atoms with E-state index in [0.29, 0.717) is 17.9 Å². The molecule has 7 nitrogen and oxygen atoms in total. The molecule has 0 aromatic heterocycles. The predicted molar refractivity (Wildman–Crippen MR) is 147 cm³/mol. The molecule has 0 bridgehead atoms. The third-order valence-corrected chi connectivity index (χ3v) is 7.70. The highest BCUT2D eigenvalue weighted by Gasteiger charge is 2.35. The lowest BCUT2D eigenvalue weighted by Gasteiger charge is -2.42. The maximum absolute atomic E-state index is 10.7. The van der Waals surface area contributed by atoms with Crippen molar-refractivity contribution in [2.45, 2.75) is 124 Å². The number of methoxy groups -OCH3 is 2. The van der Waals surface area contributed by atoms with E-state index in [1.54, 1.807) is 21.1 Å². The van der Waals surface area contributed by atoms with Gasteiger partial charge < -0.3 is 29.4 Å². The van der Waals surface area contributed by atoms with Crippen LogP contribution in [0.2, 0.25) is 0 Å². The number of likely N-dealkylation sites (tertiary alicyclic amines) is 1. The van der Waals surface area contributed by atoms with Crippen LogP contribution in [-0.2, 0) is 14.3 Å². The summed E-state index contributed by atoms with van der Waals surface area (Å²) in [6, 6.07) is 0.668. The fraction of sp³-hybridized carbons (Fsp3) is 0.964. The van der Waals surface area contributed by atoms with Gasteiger partial charge in [0.1, 0.15) is 13.0 Å². The molecule has 0 aliphatic carbocycles. The molecule has 8 atom stereocenters. The molecule has 1 aliphatic rings. The Bertz CT molecular complexity index is 494. The second kappa shape index (κ2) is 20.5. The van der Waals surface area contributed by atoms with Crippen molar-refractivity contribution in [3.8, 4) is 0 Å². The first kappa shape index (κ1) is 36.6. The van der Waals surface area contributed by atoms with Gasteiger partial charge in [0, 0.05) is 26.3 Å². The second-order valence-electron chi connectivity index (χ2n) is 10.6. The number of aliphatic hydroxyl groups is 2. The van der Waals surface area contributed by atoms with E-state index in [9.17, 15) is 10.2 Å². The number of hydrogen-bond acceptors (Lipinski definition) is 7. The highest BCUT2D eigenvalue weighted by atomic mass is 16.5. The summed E-state index contributed by atoms with van der Waals surface area (Å²) in [6.45, 7) is 18.1. The van der Waals surface area contributed by atoms with Crippen LogP contribution in [0.4, 0.5) is 0 Å². The van der Waals surface area contributed by atoms with Crippen LogP contribution in [0.3, 0.4) is 0 Å². The maximum atomic E-state index is 10.7. The van der Waals surface area contributed by atoms with Gasteiger partial charge in [-0.3, -0.25) is 4.90 Å². The molecule has 0 spiro atoms. The summed E-state index contributed by atoms with van der Waals surface area (Å²) in [4.78, 5) is 12.4. The van der Waals surface area contributed by atoms with Crippen LogP contribution >= 0.6 is 0 Å². The maximum Gasteiger partial charge on any atom is 0.110 e. The monoisotopic (exact) mass is 504 g/mol. The van der Waals surface area contributed by atoms with E-state index in [-0.39, 0.29) is 30.3 Å². The van der Waals surface area contributed by atoms with E-state index in [4.69, 9.17) is 14.3 Å². The quantitative estimate of drug-likeness (QED) is 0.338. The van der Waals surface area contributed by atoms with E-state index < -0.39 is 6.23 Å². The Morgan fingerprint density at radius 3 is 1.89 bits per heavy atom. The standard InChI is InChI=1S/C18H39NO2.C9H19NO2.CH2O/c1-9-11-14(5)17(16(21-8)12-10-2)19(7)18(20)15(6)13(3)4;1-7(11)9(12-3)8-5-4-6-10(8)2;1-2/h13-18,20H,9-12H2,1-8H3;7-9,11H,4-6H2,1-3H3;1H2/t14-,15?,16?,17?,18?;7?,8?,9-;/m10./s1. The number of hydrogen-bond donors (Lipinski definition) is 2. The molecule has 0 aromatic carbocycles. The highest BCUT2D eigenvalue weighted by molar-refractivity contribution is 5.11. The van der Waals surface area contributed by atoms with Gasteiger partial charge in [-0.15, -0.1) is 0 Å². The van der Waals surface area contributed by atoms with Crippen molar-refractivity contribution >= 4 is 6.79 Å². The van der Waals surface area contributed by atoms with Crippen molar-refractivity contribution in [2.24, 2.45) is 17.8 Å². The van der Waals surface area contributed by atoms with E-state index in [0.717, 1.165) is 25.8 Å². The van der Waals surface area contributed by atoms with Crippen LogP contribution in [0.25, 0.3) is 0 Å². The number of rotatable bonds is 14. The SMILES string of the molecule is C=O.CCCC(OC)C([C@H](C)CCC)N(C)C(O)C(C)C(C)C.CO[C@@H](C(C)O)C1CCCN1C. The van der Waals surface area contributed by atoms with Gasteiger partial charge in [0.2, 0.25) is 0 Å². The van der Waals surface area contributed by atoms with Crippen molar-refractivity contribution in [1.82, 2.24) is 9.80 Å². The lowest BCUT2D eigenvalue weighted by molar-refractivity contribution is -0.105. The number of likely N-dealkylation sites (N-methyl/N-ethyl adjacent to an activating group) is 2. The van der Waals surface area contributed by atoms with Crippen LogP contribution in [0, 0.1) is 17.8 Å². The normalized spacial score (nSPS) is 22.3. The lowest BCUT2D eigenvalue weighted by Crippen LogP contribution is -2.53. The summed E-state index contributed by atoms with van der Waals surface area (Å²) in [5, 5.41) is 20.2. The number of aliphatic hydroxyl groups excluding tert-OH is 2. The topological polar surface area (TPSA) is 82.5 Å². The minimum Gasteiger partial charge on any atom is -0.391 e. The van der Waals surface area contributed by atoms with E-state index in [2.05, 4.69) is 65.4 Å². The molecule has 35 heavy (non-hydrogen) atoms. The molecular weight excluding hydrogens is 444 g/mol. The molecule has 1 heterocycles. The average molecular weight is 505 g/mol. The largest absolute Gasteiger partial charge is 0.391 e. The molecule has 1 fully saturated rings. The zero-order valence-corrected chi connectivity index (χ0v) is 24.9. The van der Waals surface area contributed by atoms with Crippen LogP contribution in [0.1, 0.15) is 87.0 Å².